The van der Waals surface area contributed by atoms with Gasteiger partial charge < -0.3 is 14.6 Å². The molecule has 0 aliphatic heterocycles. The SMILES string of the molecule is Cc1ccc(C)c(Oc2cn[nH]c2-c2ccc(OCc3cccc(Cl)c3)cc2O)c1. The number of hydrogen-bond donors (Lipinski definition) is 2. The molecule has 6 heteroatoms. The highest BCUT2D eigenvalue weighted by Crippen LogP contribution is 2.38. The molecule has 30 heavy (non-hydrogen) atoms. The van der Waals surface area contributed by atoms with Gasteiger partial charge >= 0.3 is 0 Å². The van der Waals surface area contributed by atoms with Crippen molar-refractivity contribution in [3.63, 3.8) is 0 Å². The third kappa shape index (κ3) is 4.42. The molecule has 4 aromatic rings. The van der Waals surface area contributed by atoms with Crippen molar-refractivity contribution in [2.75, 3.05) is 0 Å². The van der Waals surface area contributed by atoms with Gasteiger partial charge in [0.1, 0.15) is 29.5 Å². The number of aryl methyl sites for hydroxylation is 2. The van der Waals surface area contributed by atoms with Crippen LogP contribution in [0.5, 0.6) is 23.0 Å². The molecule has 1 aromatic heterocycles. The summed E-state index contributed by atoms with van der Waals surface area (Å²) in [6.45, 7) is 4.35. The van der Waals surface area contributed by atoms with Gasteiger partial charge in [0.15, 0.2) is 5.75 Å². The zero-order valence-electron chi connectivity index (χ0n) is 16.6. The van der Waals surface area contributed by atoms with E-state index in [-0.39, 0.29) is 5.75 Å². The van der Waals surface area contributed by atoms with Gasteiger partial charge in [0.05, 0.1) is 6.20 Å². The zero-order valence-corrected chi connectivity index (χ0v) is 17.4. The minimum atomic E-state index is 0.0636. The van der Waals surface area contributed by atoms with Crippen LogP contribution in [0.15, 0.2) is 66.9 Å². The predicted molar refractivity (Wildman–Crippen MR) is 117 cm³/mol. The summed E-state index contributed by atoms with van der Waals surface area (Å²) in [6, 6.07) is 18.6. The second-order valence-corrected chi connectivity index (χ2v) is 7.51. The maximum atomic E-state index is 10.6. The fourth-order valence-electron chi connectivity index (χ4n) is 3.09. The summed E-state index contributed by atoms with van der Waals surface area (Å²) < 4.78 is 11.8. The molecule has 0 unspecified atom stereocenters. The Labute approximate surface area is 179 Å². The summed E-state index contributed by atoms with van der Waals surface area (Å²) in [6.07, 6.45) is 1.60. The number of rotatable bonds is 6. The molecule has 0 spiro atoms. The van der Waals surface area contributed by atoms with Crippen molar-refractivity contribution in [3.05, 3.63) is 88.6 Å². The maximum Gasteiger partial charge on any atom is 0.173 e. The van der Waals surface area contributed by atoms with Gasteiger partial charge in [-0.3, -0.25) is 5.10 Å². The smallest absolute Gasteiger partial charge is 0.173 e. The average Bonchev–Trinajstić information content (AvgIpc) is 3.17. The van der Waals surface area contributed by atoms with Gasteiger partial charge in [-0.15, -0.1) is 0 Å². The largest absolute Gasteiger partial charge is 0.507 e. The van der Waals surface area contributed by atoms with E-state index >= 15 is 0 Å². The standard InChI is InChI=1S/C24H21ClN2O3/c1-15-6-7-16(2)22(10-15)30-23-13-26-27-24(23)20-9-8-19(12-21(20)28)29-14-17-4-3-5-18(25)11-17/h3-13,28H,14H2,1-2H3,(H,26,27). The van der Waals surface area contributed by atoms with Gasteiger partial charge in [0.2, 0.25) is 0 Å². The van der Waals surface area contributed by atoms with Crippen molar-refractivity contribution in [1.82, 2.24) is 10.2 Å². The Hall–Kier alpha value is -3.44. The lowest BCUT2D eigenvalue weighted by atomic mass is 10.1. The Morgan fingerprint density at radius 3 is 2.67 bits per heavy atom. The number of H-pyrrole nitrogens is 1. The van der Waals surface area contributed by atoms with Gasteiger partial charge in [-0.2, -0.15) is 5.10 Å². The van der Waals surface area contributed by atoms with Gasteiger partial charge in [-0.05, 0) is 60.9 Å². The number of phenols is 1. The fourth-order valence-corrected chi connectivity index (χ4v) is 3.30. The molecule has 0 saturated heterocycles. The van der Waals surface area contributed by atoms with Crippen molar-refractivity contribution in [3.8, 4) is 34.3 Å². The average molecular weight is 421 g/mol. The van der Waals surface area contributed by atoms with E-state index in [0.29, 0.717) is 34.4 Å². The van der Waals surface area contributed by atoms with Crippen molar-refractivity contribution in [2.45, 2.75) is 20.5 Å². The van der Waals surface area contributed by atoms with Crippen LogP contribution in [0.25, 0.3) is 11.3 Å². The number of aromatic hydroxyl groups is 1. The normalized spacial score (nSPS) is 10.8. The van der Waals surface area contributed by atoms with Gasteiger partial charge in [-0.25, -0.2) is 0 Å². The molecule has 3 aromatic carbocycles. The second-order valence-electron chi connectivity index (χ2n) is 7.08. The number of nitrogens with one attached hydrogen (secondary N) is 1. The highest BCUT2D eigenvalue weighted by Gasteiger charge is 2.15. The molecule has 0 aliphatic rings. The summed E-state index contributed by atoms with van der Waals surface area (Å²) in [5, 5.41) is 18.2. The quantitative estimate of drug-likeness (QED) is 0.377. The first-order chi connectivity index (χ1) is 14.5. The van der Waals surface area contributed by atoms with E-state index in [1.54, 1.807) is 24.4 Å². The number of aromatic amines is 1. The van der Waals surface area contributed by atoms with Crippen molar-refractivity contribution < 1.29 is 14.6 Å². The van der Waals surface area contributed by atoms with Crippen molar-refractivity contribution in [1.29, 1.82) is 0 Å². The van der Waals surface area contributed by atoms with Crippen LogP contribution < -0.4 is 9.47 Å². The summed E-state index contributed by atoms with van der Waals surface area (Å²) in [7, 11) is 0. The molecule has 152 valence electrons. The number of benzene rings is 3. The molecule has 0 saturated carbocycles. The molecule has 0 amide bonds. The van der Waals surface area contributed by atoms with E-state index in [4.69, 9.17) is 21.1 Å². The molecular formula is C24H21ClN2O3. The van der Waals surface area contributed by atoms with E-state index in [9.17, 15) is 5.11 Å². The highest BCUT2D eigenvalue weighted by atomic mass is 35.5. The maximum absolute atomic E-state index is 10.6. The molecule has 2 N–H and O–H groups in total. The fraction of sp³-hybridized carbons (Fsp3) is 0.125. The van der Waals surface area contributed by atoms with Crippen LogP contribution in [0.1, 0.15) is 16.7 Å². The lowest BCUT2D eigenvalue weighted by Crippen LogP contribution is -1.95. The van der Waals surface area contributed by atoms with Gasteiger partial charge in [0.25, 0.3) is 0 Å². The minimum Gasteiger partial charge on any atom is -0.507 e. The number of nitrogens with zero attached hydrogens (tertiary/aromatic N) is 1. The van der Waals surface area contributed by atoms with Crippen LogP contribution in [-0.2, 0) is 6.61 Å². The number of halogens is 1. The predicted octanol–water partition coefficient (Wildman–Crippen LogP) is 6.42. The van der Waals surface area contributed by atoms with E-state index < -0.39 is 0 Å². The molecule has 1 heterocycles. The third-order valence-electron chi connectivity index (χ3n) is 4.70. The zero-order chi connectivity index (χ0) is 21.1. The number of hydrogen-bond acceptors (Lipinski definition) is 4. The Morgan fingerprint density at radius 2 is 1.87 bits per heavy atom. The first kappa shape index (κ1) is 19.9. The molecule has 0 aliphatic carbocycles. The second kappa shape index (κ2) is 8.51. The summed E-state index contributed by atoms with van der Waals surface area (Å²) in [5.41, 5.74) is 4.23. The Bertz CT molecular complexity index is 1190. The summed E-state index contributed by atoms with van der Waals surface area (Å²) >= 11 is 6.00. The van der Waals surface area contributed by atoms with Crippen LogP contribution >= 0.6 is 11.6 Å². The topological polar surface area (TPSA) is 67.4 Å². The summed E-state index contributed by atoms with van der Waals surface area (Å²) in [4.78, 5) is 0. The first-order valence-electron chi connectivity index (χ1n) is 9.49. The molecule has 0 radical (unpaired) electrons. The first-order valence-corrected chi connectivity index (χ1v) is 9.86. The lowest BCUT2D eigenvalue weighted by molar-refractivity contribution is 0.304. The van der Waals surface area contributed by atoms with E-state index in [1.807, 2.05) is 56.3 Å². The number of ether oxygens (including phenoxy) is 2. The van der Waals surface area contributed by atoms with Crippen molar-refractivity contribution in [2.24, 2.45) is 0 Å². The number of phenolic OH excluding ortho intramolecular Hbond substituents is 1. The summed E-state index contributed by atoms with van der Waals surface area (Å²) in [5.74, 6) is 1.90. The van der Waals surface area contributed by atoms with Crippen LogP contribution in [0.3, 0.4) is 0 Å². The Balaban J connectivity index is 1.54. The molecule has 4 rings (SSSR count). The minimum absolute atomic E-state index is 0.0636. The molecule has 5 nitrogen and oxygen atoms in total. The number of aromatic nitrogens is 2. The van der Waals surface area contributed by atoms with Gasteiger partial charge in [0, 0.05) is 16.7 Å². The molecule has 0 atom stereocenters. The molecule has 0 fully saturated rings. The van der Waals surface area contributed by atoms with Gasteiger partial charge in [-0.1, -0.05) is 35.9 Å². The third-order valence-corrected chi connectivity index (χ3v) is 4.94. The van der Waals surface area contributed by atoms with E-state index in [2.05, 4.69) is 10.2 Å². The van der Waals surface area contributed by atoms with E-state index in [1.165, 1.54) is 0 Å². The van der Waals surface area contributed by atoms with Crippen LogP contribution in [0.4, 0.5) is 0 Å². The molecule has 0 bridgehead atoms. The van der Waals surface area contributed by atoms with Crippen LogP contribution in [0, 0.1) is 13.8 Å². The van der Waals surface area contributed by atoms with Crippen LogP contribution in [0.2, 0.25) is 5.02 Å². The highest BCUT2D eigenvalue weighted by molar-refractivity contribution is 6.30. The Kier molecular flexibility index (Phi) is 5.63. The monoisotopic (exact) mass is 420 g/mol. The van der Waals surface area contributed by atoms with Crippen molar-refractivity contribution >= 4 is 11.6 Å². The van der Waals surface area contributed by atoms with E-state index in [0.717, 1.165) is 22.4 Å². The molecular weight excluding hydrogens is 400 g/mol. The Morgan fingerprint density at radius 1 is 1.00 bits per heavy atom. The van der Waals surface area contributed by atoms with Crippen LogP contribution in [-0.4, -0.2) is 15.3 Å². The lowest BCUT2D eigenvalue weighted by Gasteiger charge is -2.12.